The highest BCUT2D eigenvalue weighted by Crippen LogP contribution is 2.52. The van der Waals surface area contributed by atoms with Gasteiger partial charge in [0.15, 0.2) is 11.5 Å². The van der Waals surface area contributed by atoms with Crippen molar-refractivity contribution in [1.82, 2.24) is 15.2 Å². The number of nitrogens with one attached hydrogen (secondary N) is 2. The van der Waals surface area contributed by atoms with Gasteiger partial charge in [-0.2, -0.15) is 13.9 Å². The maximum atomic E-state index is 12.8. The van der Waals surface area contributed by atoms with Crippen LogP contribution in [0.4, 0.5) is 8.78 Å². The quantitative estimate of drug-likeness (QED) is 0.704. The fourth-order valence-electron chi connectivity index (χ4n) is 3.33. The van der Waals surface area contributed by atoms with Gasteiger partial charge in [0.05, 0.1) is 27.8 Å². The largest absolute Gasteiger partial charge is 0.479 e. The molecule has 0 bridgehead atoms. The summed E-state index contributed by atoms with van der Waals surface area (Å²) >= 11 is 6.44. The lowest BCUT2D eigenvalue weighted by atomic mass is 9.99. The minimum atomic E-state index is -2.97. The summed E-state index contributed by atoms with van der Waals surface area (Å²) in [6.45, 7) is -2.97. The van der Waals surface area contributed by atoms with Gasteiger partial charge in [-0.05, 0) is 31.1 Å². The van der Waals surface area contributed by atoms with E-state index in [1.807, 2.05) is 12.2 Å². The fourth-order valence-corrected chi connectivity index (χ4v) is 3.67. The Morgan fingerprint density at radius 1 is 1.33 bits per heavy atom. The van der Waals surface area contributed by atoms with Crippen LogP contribution in [-0.2, 0) is 0 Å². The van der Waals surface area contributed by atoms with Gasteiger partial charge in [0, 0.05) is 11.1 Å². The fraction of sp³-hybridized carbons (Fsp3) is 0.222. The average Bonchev–Trinajstić information content (AvgIpc) is 3.29. The first-order valence-corrected chi connectivity index (χ1v) is 8.60. The number of rotatable bonds is 3. The van der Waals surface area contributed by atoms with E-state index < -0.39 is 17.8 Å². The van der Waals surface area contributed by atoms with Gasteiger partial charge in [0.2, 0.25) is 0 Å². The highest BCUT2D eigenvalue weighted by atomic mass is 35.5. The normalized spacial score (nSPS) is 16.6. The Morgan fingerprint density at radius 3 is 2.85 bits per heavy atom. The summed E-state index contributed by atoms with van der Waals surface area (Å²) in [5, 5.41) is 6.59. The molecule has 1 spiro atoms. The first-order chi connectivity index (χ1) is 13.0. The molecular weight excluding hydrogens is 380 g/mol. The highest BCUT2D eigenvalue weighted by Gasteiger charge is 2.46. The third kappa shape index (κ3) is 2.51. The van der Waals surface area contributed by atoms with E-state index in [4.69, 9.17) is 16.3 Å². The summed E-state index contributed by atoms with van der Waals surface area (Å²) in [4.78, 5) is 15.1. The summed E-state index contributed by atoms with van der Waals surface area (Å²) in [7, 11) is 0. The van der Waals surface area contributed by atoms with E-state index in [0.717, 1.165) is 12.8 Å². The molecule has 27 heavy (non-hydrogen) atoms. The first kappa shape index (κ1) is 16.3. The van der Waals surface area contributed by atoms with Crippen molar-refractivity contribution in [2.75, 3.05) is 0 Å². The van der Waals surface area contributed by atoms with Crippen molar-refractivity contribution in [3.05, 3.63) is 45.3 Å². The van der Waals surface area contributed by atoms with Gasteiger partial charge >= 0.3 is 6.61 Å². The van der Waals surface area contributed by atoms with Gasteiger partial charge < -0.3 is 14.5 Å². The number of alkyl halides is 2. The van der Waals surface area contributed by atoms with Crippen molar-refractivity contribution in [3.8, 4) is 22.8 Å². The zero-order chi connectivity index (χ0) is 18.8. The summed E-state index contributed by atoms with van der Waals surface area (Å²) in [5.41, 5.74) is 1.25. The minimum Gasteiger partial charge on any atom is -0.479 e. The Balaban J connectivity index is 1.73. The number of ether oxygens (including phenoxy) is 2. The van der Waals surface area contributed by atoms with Crippen LogP contribution < -0.4 is 15.0 Å². The first-order valence-electron chi connectivity index (χ1n) is 8.23. The van der Waals surface area contributed by atoms with Crippen LogP contribution in [0.2, 0.25) is 5.02 Å². The Bertz CT molecular complexity index is 1160. The maximum Gasteiger partial charge on any atom is 0.387 e. The van der Waals surface area contributed by atoms with Crippen LogP contribution in [0.1, 0.15) is 18.4 Å². The number of aromatic amines is 2. The molecule has 2 N–H and O–H groups in total. The lowest BCUT2D eigenvalue weighted by molar-refractivity contribution is -0.0520. The van der Waals surface area contributed by atoms with Crippen LogP contribution in [-0.4, -0.2) is 27.4 Å². The standard InChI is InChI=1S/C18H12ClF2N3O3/c19-13-12-10(7-22-24-16(12)25)23-14(13)8-1-2-11(26-17(20)21)15-9(8)3-4-18(27-15)5-6-18/h1-4,7,17,23H,5-6H2,(H,24,25). The molecule has 2 aromatic heterocycles. The SMILES string of the molecule is O=c1[nH]ncc2[nH]c(-c3ccc(OC(F)F)c4c3C=CC3(CC3)O4)c(Cl)c12. The second-order valence-corrected chi connectivity index (χ2v) is 6.91. The van der Waals surface area contributed by atoms with Gasteiger partial charge in [-0.3, -0.25) is 4.79 Å². The molecule has 138 valence electrons. The zero-order valence-corrected chi connectivity index (χ0v) is 14.4. The van der Waals surface area contributed by atoms with Crippen molar-refractivity contribution in [3.63, 3.8) is 0 Å². The molecular formula is C18H12ClF2N3O3. The van der Waals surface area contributed by atoms with E-state index in [-0.39, 0.29) is 21.9 Å². The second-order valence-electron chi connectivity index (χ2n) is 6.53. The van der Waals surface area contributed by atoms with Gasteiger partial charge in [0.1, 0.15) is 5.60 Å². The van der Waals surface area contributed by atoms with Gasteiger partial charge in [-0.15, -0.1) is 0 Å². The molecule has 6 nitrogen and oxygen atoms in total. The Morgan fingerprint density at radius 2 is 2.15 bits per heavy atom. The Kier molecular flexibility index (Phi) is 3.36. The molecule has 0 unspecified atom stereocenters. The number of benzene rings is 1. The Hall–Kier alpha value is -2.87. The number of halogens is 3. The van der Waals surface area contributed by atoms with Gasteiger partial charge in [-0.1, -0.05) is 17.7 Å². The molecule has 0 saturated heterocycles. The number of aromatic nitrogens is 3. The molecule has 3 heterocycles. The Labute approximate surface area is 155 Å². The number of nitrogens with zero attached hydrogens (tertiary/aromatic N) is 1. The second kappa shape index (κ2) is 5.56. The van der Waals surface area contributed by atoms with Crippen LogP contribution in [0.25, 0.3) is 28.2 Å². The molecule has 2 aliphatic rings. The molecule has 1 aliphatic heterocycles. The van der Waals surface area contributed by atoms with E-state index in [9.17, 15) is 13.6 Å². The van der Waals surface area contributed by atoms with E-state index >= 15 is 0 Å². The lowest BCUT2D eigenvalue weighted by Gasteiger charge is -2.25. The van der Waals surface area contributed by atoms with E-state index in [0.29, 0.717) is 22.3 Å². The molecule has 1 aliphatic carbocycles. The lowest BCUT2D eigenvalue weighted by Crippen LogP contribution is -2.19. The number of H-pyrrole nitrogens is 2. The van der Waals surface area contributed by atoms with Crippen molar-refractivity contribution in [1.29, 1.82) is 0 Å². The number of hydrogen-bond donors (Lipinski definition) is 2. The number of hydrogen-bond acceptors (Lipinski definition) is 4. The minimum absolute atomic E-state index is 0.0360. The van der Waals surface area contributed by atoms with Gasteiger partial charge in [-0.25, -0.2) is 5.10 Å². The highest BCUT2D eigenvalue weighted by molar-refractivity contribution is 6.38. The molecule has 0 amide bonds. The third-order valence-corrected chi connectivity index (χ3v) is 5.18. The summed E-state index contributed by atoms with van der Waals surface area (Å²) in [5.74, 6) is 0.209. The molecule has 3 aromatic rings. The summed E-state index contributed by atoms with van der Waals surface area (Å²) < 4.78 is 36.2. The molecule has 0 radical (unpaired) electrons. The topological polar surface area (TPSA) is 80.0 Å². The molecule has 9 heteroatoms. The van der Waals surface area contributed by atoms with Crippen molar-refractivity contribution >= 4 is 28.6 Å². The van der Waals surface area contributed by atoms with Gasteiger partial charge in [0.25, 0.3) is 5.56 Å². The van der Waals surface area contributed by atoms with Crippen molar-refractivity contribution < 1.29 is 18.3 Å². The van der Waals surface area contributed by atoms with E-state index in [2.05, 4.69) is 19.9 Å². The zero-order valence-electron chi connectivity index (χ0n) is 13.7. The van der Waals surface area contributed by atoms with Crippen molar-refractivity contribution in [2.24, 2.45) is 0 Å². The molecule has 1 aromatic carbocycles. The summed E-state index contributed by atoms with van der Waals surface area (Å²) in [6, 6.07) is 3.02. The smallest absolute Gasteiger partial charge is 0.387 e. The third-order valence-electron chi connectivity index (χ3n) is 4.80. The predicted octanol–water partition coefficient (Wildman–Crippen LogP) is 4.11. The monoisotopic (exact) mass is 391 g/mol. The molecule has 0 atom stereocenters. The van der Waals surface area contributed by atoms with E-state index in [1.165, 1.54) is 12.3 Å². The van der Waals surface area contributed by atoms with Crippen LogP contribution in [0, 0.1) is 0 Å². The van der Waals surface area contributed by atoms with E-state index in [1.54, 1.807) is 6.07 Å². The number of fused-ring (bicyclic) bond motifs is 2. The van der Waals surface area contributed by atoms with Crippen molar-refractivity contribution in [2.45, 2.75) is 25.1 Å². The average molecular weight is 392 g/mol. The van der Waals surface area contributed by atoms with Crippen LogP contribution in [0.3, 0.4) is 0 Å². The predicted molar refractivity (Wildman–Crippen MR) is 95.4 cm³/mol. The van der Waals surface area contributed by atoms with Crippen LogP contribution >= 0.6 is 11.6 Å². The molecule has 1 fully saturated rings. The maximum absolute atomic E-state index is 12.8. The van der Waals surface area contributed by atoms with Crippen LogP contribution in [0.5, 0.6) is 11.5 Å². The van der Waals surface area contributed by atoms with Crippen LogP contribution in [0.15, 0.2) is 29.2 Å². The molecule has 1 saturated carbocycles. The summed E-state index contributed by atoms with van der Waals surface area (Å²) in [6.07, 6.45) is 6.82. The molecule has 5 rings (SSSR count).